The van der Waals surface area contributed by atoms with Gasteiger partial charge in [-0.3, -0.25) is 13.9 Å². The number of carbonyl (C=O) groups excluding carboxylic acids is 2. The summed E-state index contributed by atoms with van der Waals surface area (Å²) in [4.78, 5) is 28.7. The summed E-state index contributed by atoms with van der Waals surface area (Å²) in [5, 5.41) is 2.90. The van der Waals surface area contributed by atoms with Crippen molar-refractivity contribution in [1.29, 1.82) is 0 Å². The Hall–Kier alpha value is -4.12. The van der Waals surface area contributed by atoms with Gasteiger partial charge in [-0.05, 0) is 86.0 Å². The van der Waals surface area contributed by atoms with Crippen molar-refractivity contribution in [1.82, 2.24) is 10.2 Å². The van der Waals surface area contributed by atoms with Crippen LogP contribution in [-0.2, 0) is 26.2 Å². The summed E-state index contributed by atoms with van der Waals surface area (Å²) in [5.74, 6) is -0.330. The Labute approximate surface area is 253 Å². The van der Waals surface area contributed by atoms with Crippen LogP contribution >= 0.6 is 0 Å². The zero-order valence-corrected chi connectivity index (χ0v) is 25.9. The topological polar surface area (TPSA) is 105 Å². The highest BCUT2D eigenvalue weighted by Gasteiger charge is 2.33. The molecule has 0 radical (unpaired) electrons. The third-order valence-electron chi connectivity index (χ3n) is 6.84. The van der Waals surface area contributed by atoms with E-state index in [0.717, 1.165) is 34.8 Å². The summed E-state index contributed by atoms with van der Waals surface area (Å²) >= 11 is 0. The lowest BCUT2D eigenvalue weighted by molar-refractivity contribution is -0.140. The van der Waals surface area contributed by atoms with Gasteiger partial charge < -0.3 is 19.7 Å². The second kappa shape index (κ2) is 15.9. The molecule has 0 saturated heterocycles. The van der Waals surface area contributed by atoms with Crippen LogP contribution in [0.5, 0.6) is 11.5 Å². The van der Waals surface area contributed by atoms with Crippen LogP contribution in [0.2, 0.25) is 0 Å². The zero-order valence-electron chi connectivity index (χ0n) is 25.1. The number of halogens is 1. The quantitative estimate of drug-likeness (QED) is 0.224. The Morgan fingerprint density at radius 2 is 1.53 bits per heavy atom. The predicted molar refractivity (Wildman–Crippen MR) is 164 cm³/mol. The maximum atomic E-state index is 14.1. The summed E-state index contributed by atoms with van der Waals surface area (Å²) in [7, 11) is -2.74. The predicted octanol–water partition coefficient (Wildman–Crippen LogP) is 5.15. The number of anilines is 1. The van der Waals surface area contributed by atoms with Crippen molar-refractivity contribution < 1.29 is 31.9 Å². The molecule has 0 saturated carbocycles. The van der Waals surface area contributed by atoms with E-state index in [1.165, 1.54) is 41.3 Å². The normalized spacial score (nSPS) is 11.8. The molecule has 1 unspecified atom stereocenters. The first-order valence-electron chi connectivity index (χ1n) is 14.4. The van der Waals surface area contributed by atoms with Gasteiger partial charge in [-0.1, -0.05) is 32.4 Å². The second-order valence-corrected chi connectivity index (χ2v) is 11.7. The Bertz CT molecular complexity index is 1430. The van der Waals surface area contributed by atoms with E-state index < -0.39 is 34.3 Å². The number of sulfonamides is 1. The Balaban J connectivity index is 2.02. The fourth-order valence-corrected chi connectivity index (χ4v) is 5.91. The van der Waals surface area contributed by atoms with Gasteiger partial charge in [-0.25, -0.2) is 12.8 Å². The number of nitrogens with zero attached hydrogens (tertiary/aromatic N) is 2. The Kier molecular flexibility index (Phi) is 12.4. The summed E-state index contributed by atoms with van der Waals surface area (Å²) in [6.07, 6.45) is 1.98. The van der Waals surface area contributed by atoms with Crippen LogP contribution in [0.25, 0.3) is 0 Å². The average molecular weight is 614 g/mol. The fraction of sp³-hybridized carbons (Fsp3) is 0.375. The van der Waals surface area contributed by atoms with Crippen LogP contribution in [0.1, 0.15) is 45.6 Å². The standard InChI is InChI=1S/C32H40FN3O6S/c1-5-8-21-34-32(38)30(6-2)35(22-24-9-15-27(41-4)16-10-24)31(37)23-36(26-13-11-25(33)12-14-26)43(39,40)29-19-17-28(18-20-29)42-7-3/h9-20,30H,5-8,21-23H2,1-4H3,(H,34,38). The van der Waals surface area contributed by atoms with Crippen LogP contribution in [0, 0.1) is 5.82 Å². The molecule has 0 aliphatic heterocycles. The molecular formula is C32H40FN3O6S. The number of nitrogens with one attached hydrogen (secondary N) is 1. The third-order valence-corrected chi connectivity index (χ3v) is 8.63. The van der Waals surface area contributed by atoms with E-state index in [-0.39, 0.29) is 23.0 Å². The molecule has 0 aliphatic carbocycles. The maximum Gasteiger partial charge on any atom is 0.264 e. The van der Waals surface area contributed by atoms with Gasteiger partial charge >= 0.3 is 0 Å². The molecule has 0 aromatic heterocycles. The molecule has 1 atom stereocenters. The first-order chi connectivity index (χ1) is 20.6. The van der Waals surface area contributed by atoms with E-state index in [4.69, 9.17) is 9.47 Å². The van der Waals surface area contributed by atoms with E-state index in [0.29, 0.717) is 31.1 Å². The summed E-state index contributed by atoms with van der Waals surface area (Å²) in [6, 6.07) is 16.9. The first kappa shape index (κ1) is 33.4. The zero-order chi connectivity index (χ0) is 31.4. The number of methoxy groups -OCH3 is 1. The molecule has 0 aliphatic rings. The largest absolute Gasteiger partial charge is 0.497 e. The first-order valence-corrected chi connectivity index (χ1v) is 15.8. The van der Waals surface area contributed by atoms with E-state index in [1.807, 2.05) is 13.8 Å². The van der Waals surface area contributed by atoms with Crippen molar-refractivity contribution in [2.45, 2.75) is 57.5 Å². The Morgan fingerprint density at radius 3 is 2.09 bits per heavy atom. The number of amides is 2. The lowest BCUT2D eigenvalue weighted by Crippen LogP contribution is -2.52. The second-order valence-electron chi connectivity index (χ2n) is 9.83. The van der Waals surface area contributed by atoms with Gasteiger partial charge in [0, 0.05) is 13.1 Å². The van der Waals surface area contributed by atoms with E-state index in [2.05, 4.69) is 5.32 Å². The van der Waals surface area contributed by atoms with Gasteiger partial charge in [-0.15, -0.1) is 0 Å². The monoisotopic (exact) mass is 613 g/mol. The third kappa shape index (κ3) is 8.93. The number of carbonyl (C=O) groups is 2. The van der Waals surface area contributed by atoms with Crippen LogP contribution in [0.15, 0.2) is 77.7 Å². The van der Waals surface area contributed by atoms with Gasteiger partial charge in [0.25, 0.3) is 10.0 Å². The highest BCUT2D eigenvalue weighted by Crippen LogP contribution is 2.27. The number of unbranched alkanes of at least 4 members (excludes halogenated alkanes) is 1. The number of benzene rings is 3. The minimum absolute atomic E-state index is 0.0584. The lowest BCUT2D eigenvalue weighted by Gasteiger charge is -2.33. The Morgan fingerprint density at radius 1 is 0.907 bits per heavy atom. The molecule has 2 amide bonds. The number of ether oxygens (including phenoxy) is 2. The van der Waals surface area contributed by atoms with Gasteiger partial charge in [0.05, 0.1) is 24.3 Å². The molecule has 0 heterocycles. The van der Waals surface area contributed by atoms with Crippen molar-refractivity contribution in [2.75, 3.05) is 31.1 Å². The number of hydrogen-bond acceptors (Lipinski definition) is 6. The molecule has 11 heteroatoms. The molecule has 3 aromatic carbocycles. The fourth-order valence-electron chi connectivity index (χ4n) is 4.49. The highest BCUT2D eigenvalue weighted by atomic mass is 32.2. The molecule has 0 spiro atoms. The number of rotatable bonds is 16. The van der Waals surface area contributed by atoms with Crippen molar-refractivity contribution in [3.8, 4) is 11.5 Å². The van der Waals surface area contributed by atoms with Gasteiger partial charge in [0.2, 0.25) is 11.8 Å². The van der Waals surface area contributed by atoms with Crippen molar-refractivity contribution >= 4 is 27.5 Å². The molecular weight excluding hydrogens is 573 g/mol. The van der Waals surface area contributed by atoms with Crippen molar-refractivity contribution in [2.24, 2.45) is 0 Å². The lowest BCUT2D eigenvalue weighted by atomic mass is 10.1. The molecule has 0 bridgehead atoms. The molecule has 43 heavy (non-hydrogen) atoms. The molecule has 3 rings (SSSR count). The SMILES string of the molecule is CCCCNC(=O)C(CC)N(Cc1ccc(OC)cc1)C(=O)CN(c1ccc(F)cc1)S(=O)(=O)c1ccc(OCC)cc1. The summed E-state index contributed by atoms with van der Waals surface area (Å²) in [6.45, 7) is 5.95. The van der Waals surface area contributed by atoms with Crippen LogP contribution in [-0.4, -0.2) is 58.0 Å². The van der Waals surface area contributed by atoms with E-state index in [9.17, 15) is 22.4 Å². The van der Waals surface area contributed by atoms with Gasteiger partial charge in [-0.2, -0.15) is 0 Å². The molecule has 9 nitrogen and oxygen atoms in total. The molecule has 3 aromatic rings. The molecule has 1 N–H and O–H groups in total. The average Bonchev–Trinajstić information content (AvgIpc) is 3.01. The highest BCUT2D eigenvalue weighted by molar-refractivity contribution is 7.92. The number of hydrogen-bond donors (Lipinski definition) is 1. The van der Waals surface area contributed by atoms with Crippen molar-refractivity contribution in [3.05, 3.63) is 84.2 Å². The summed E-state index contributed by atoms with van der Waals surface area (Å²) in [5.41, 5.74) is 0.838. The smallest absolute Gasteiger partial charge is 0.264 e. The van der Waals surface area contributed by atoms with Crippen LogP contribution in [0.3, 0.4) is 0 Å². The minimum atomic E-state index is -4.29. The van der Waals surface area contributed by atoms with Gasteiger partial charge in [0.1, 0.15) is 29.9 Å². The van der Waals surface area contributed by atoms with Crippen LogP contribution < -0.4 is 19.1 Å². The van der Waals surface area contributed by atoms with Gasteiger partial charge in [0.15, 0.2) is 0 Å². The van der Waals surface area contributed by atoms with E-state index in [1.54, 1.807) is 38.3 Å². The van der Waals surface area contributed by atoms with Crippen LogP contribution in [0.4, 0.5) is 10.1 Å². The summed E-state index contributed by atoms with van der Waals surface area (Å²) < 4.78 is 53.3. The molecule has 0 fully saturated rings. The minimum Gasteiger partial charge on any atom is -0.497 e. The maximum absolute atomic E-state index is 14.1. The van der Waals surface area contributed by atoms with Crippen molar-refractivity contribution in [3.63, 3.8) is 0 Å². The van der Waals surface area contributed by atoms with E-state index >= 15 is 0 Å². The molecule has 232 valence electrons.